The van der Waals surface area contributed by atoms with Crippen LogP contribution in [0.5, 0.6) is 17.2 Å². The van der Waals surface area contributed by atoms with Gasteiger partial charge in [-0.1, -0.05) is 72.6 Å². The van der Waals surface area contributed by atoms with E-state index in [0.717, 1.165) is 70.8 Å². The van der Waals surface area contributed by atoms with Crippen LogP contribution in [-0.4, -0.2) is 10.7 Å². The van der Waals surface area contributed by atoms with Gasteiger partial charge in [0.15, 0.2) is 0 Å². The lowest BCUT2D eigenvalue weighted by atomic mass is 9.83. The lowest BCUT2D eigenvalue weighted by Crippen LogP contribution is -2.37. The van der Waals surface area contributed by atoms with Crippen molar-refractivity contribution >= 4 is 5.69 Å². The Labute approximate surface area is 238 Å². The summed E-state index contributed by atoms with van der Waals surface area (Å²) >= 11 is 0. The maximum absolute atomic E-state index is 11.0. The molecule has 0 saturated heterocycles. The lowest BCUT2D eigenvalue weighted by Gasteiger charge is -2.38. The molecule has 0 radical (unpaired) electrons. The first kappa shape index (κ1) is 31.2. The Morgan fingerprint density at radius 3 is 2.10 bits per heavy atom. The molecule has 1 heterocycles. The molecule has 3 N–H and O–H groups in total. The second kappa shape index (κ2) is 14.3. The molecule has 0 aromatic heterocycles. The van der Waals surface area contributed by atoms with E-state index in [1.807, 2.05) is 31.2 Å². The number of hydrogen-bond donors (Lipinski definition) is 2. The zero-order valence-electron chi connectivity index (χ0n) is 25.9. The van der Waals surface area contributed by atoms with Crippen LogP contribution in [0.2, 0.25) is 0 Å². The summed E-state index contributed by atoms with van der Waals surface area (Å²) in [4.78, 5) is 0. The van der Waals surface area contributed by atoms with E-state index in [9.17, 15) is 5.11 Å². The zero-order valence-corrected chi connectivity index (χ0v) is 25.9. The highest BCUT2D eigenvalue weighted by Gasteiger charge is 2.35. The molecule has 3 atom stereocenters. The average Bonchev–Trinajstić information content (AvgIpc) is 2.88. The number of aromatic hydroxyl groups is 1. The molecule has 2 aromatic rings. The maximum atomic E-state index is 11.0. The number of nitrogens with two attached hydrogens (primary N) is 1. The van der Waals surface area contributed by atoms with Crippen molar-refractivity contribution in [2.75, 3.05) is 5.73 Å². The summed E-state index contributed by atoms with van der Waals surface area (Å²) in [7, 11) is 0. The van der Waals surface area contributed by atoms with E-state index in [-0.39, 0.29) is 5.60 Å². The molecule has 4 nitrogen and oxygen atoms in total. The van der Waals surface area contributed by atoms with E-state index in [0.29, 0.717) is 18.0 Å². The molecule has 1 aliphatic heterocycles. The molecular formula is C35H55NO3. The van der Waals surface area contributed by atoms with Gasteiger partial charge in [-0.3, -0.25) is 0 Å². The van der Waals surface area contributed by atoms with Crippen LogP contribution in [-0.2, 0) is 13.0 Å². The van der Waals surface area contributed by atoms with Crippen LogP contribution in [0.15, 0.2) is 24.3 Å². The van der Waals surface area contributed by atoms with E-state index in [1.165, 1.54) is 51.4 Å². The Bertz CT molecular complexity index is 1050. The van der Waals surface area contributed by atoms with Crippen molar-refractivity contribution in [3.63, 3.8) is 0 Å². The van der Waals surface area contributed by atoms with Crippen molar-refractivity contribution in [3.8, 4) is 17.2 Å². The normalized spacial score (nSPS) is 18.5. The SMILES string of the molecule is Cc1c(C)c2c(c(COc3ccc(N)cc3)c1O)CCC(C)(CCCC(C)CCCC(C)CCCC(C)C)O2. The van der Waals surface area contributed by atoms with Crippen LogP contribution in [0, 0.1) is 31.6 Å². The van der Waals surface area contributed by atoms with Crippen molar-refractivity contribution in [1.82, 2.24) is 0 Å². The molecule has 2 aromatic carbocycles. The van der Waals surface area contributed by atoms with Gasteiger partial charge in [-0.2, -0.15) is 0 Å². The second-order valence-corrected chi connectivity index (χ2v) is 13.2. The lowest BCUT2D eigenvalue weighted by molar-refractivity contribution is 0.0507. The minimum absolute atomic E-state index is 0.166. The fourth-order valence-corrected chi connectivity index (χ4v) is 6.02. The van der Waals surface area contributed by atoms with E-state index in [4.69, 9.17) is 15.2 Å². The molecule has 4 heteroatoms. The van der Waals surface area contributed by atoms with Gasteiger partial charge in [0.25, 0.3) is 0 Å². The highest BCUT2D eigenvalue weighted by atomic mass is 16.5. The van der Waals surface area contributed by atoms with E-state index in [2.05, 4.69) is 41.5 Å². The Balaban J connectivity index is 1.51. The van der Waals surface area contributed by atoms with Gasteiger partial charge in [0, 0.05) is 16.8 Å². The first-order valence-corrected chi connectivity index (χ1v) is 15.5. The van der Waals surface area contributed by atoms with Gasteiger partial charge in [0.1, 0.15) is 29.5 Å². The summed E-state index contributed by atoms with van der Waals surface area (Å²) in [5, 5.41) is 11.0. The van der Waals surface area contributed by atoms with Gasteiger partial charge < -0.3 is 20.3 Å². The Hall–Kier alpha value is -2.36. The van der Waals surface area contributed by atoms with Crippen molar-refractivity contribution in [3.05, 3.63) is 46.5 Å². The highest BCUT2D eigenvalue weighted by Crippen LogP contribution is 2.45. The summed E-state index contributed by atoms with van der Waals surface area (Å²) in [6.07, 6.45) is 13.6. The summed E-state index contributed by atoms with van der Waals surface area (Å²) in [6, 6.07) is 7.39. The summed E-state index contributed by atoms with van der Waals surface area (Å²) in [6.45, 7) is 16.1. The number of benzene rings is 2. The molecule has 0 bridgehead atoms. The number of rotatable bonds is 15. The number of phenols is 1. The molecule has 3 rings (SSSR count). The molecule has 0 fully saturated rings. The van der Waals surface area contributed by atoms with E-state index in [1.54, 1.807) is 0 Å². The largest absolute Gasteiger partial charge is 0.507 e. The minimum Gasteiger partial charge on any atom is -0.507 e. The first-order valence-electron chi connectivity index (χ1n) is 15.5. The van der Waals surface area contributed by atoms with Gasteiger partial charge in [0.05, 0.1) is 0 Å². The summed E-state index contributed by atoms with van der Waals surface area (Å²) in [5.41, 5.74) is 10.2. The maximum Gasteiger partial charge on any atom is 0.127 e. The first-order chi connectivity index (χ1) is 18.5. The van der Waals surface area contributed by atoms with Gasteiger partial charge in [-0.05, 0) is 99.6 Å². The predicted molar refractivity (Wildman–Crippen MR) is 165 cm³/mol. The highest BCUT2D eigenvalue weighted by molar-refractivity contribution is 5.59. The Morgan fingerprint density at radius 2 is 1.49 bits per heavy atom. The van der Waals surface area contributed by atoms with Crippen molar-refractivity contribution in [2.24, 2.45) is 17.8 Å². The Morgan fingerprint density at radius 1 is 0.897 bits per heavy atom. The van der Waals surface area contributed by atoms with E-state index >= 15 is 0 Å². The van der Waals surface area contributed by atoms with Gasteiger partial charge in [-0.25, -0.2) is 0 Å². The third-order valence-corrected chi connectivity index (χ3v) is 8.97. The van der Waals surface area contributed by atoms with Crippen LogP contribution >= 0.6 is 0 Å². The molecule has 39 heavy (non-hydrogen) atoms. The number of fused-ring (bicyclic) bond motifs is 1. The predicted octanol–water partition coefficient (Wildman–Crippen LogP) is 9.69. The number of ether oxygens (including phenoxy) is 2. The van der Waals surface area contributed by atoms with Gasteiger partial charge in [0.2, 0.25) is 0 Å². The van der Waals surface area contributed by atoms with Crippen LogP contribution < -0.4 is 15.2 Å². The van der Waals surface area contributed by atoms with Crippen molar-refractivity contribution in [2.45, 2.75) is 131 Å². The number of hydrogen-bond acceptors (Lipinski definition) is 4. The third-order valence-electron chi connectivity index (χ3n) is 8.97. The number of anilines is 1. The van der Waals surface area contributed by atoms with Crippen LogP contribution in [0.1, 0.15) is 121 Å². The zero-order chi connectivity index (χ0) is 28.6. The molecule has 3 unspecified atom stereocenters. The fraction of sp³-hybridized carbons (Fsp3) is 0.657. The van der Waals surface area contributed by atoms with Crippen molar-refractivity contribution < 1.29 is 14.6 Å². The van der Waals surface area contributed by atoms with Crippen molar-refractivity contribution in [1.29, 1.82) is 0 Å². The smallest absolute Gasteiger partial charge is 0.127 e. The average molecular weight is 538 g/mol. The Kier molecular flexibility index (Phi) is 11.4. The van der Waals surface area contributed by atoms with Gasteiger partial charge >= 0.3 is 0 Å². The molecule has 0 spiro atoms. The molecule has 1 aliphatic rings. The molecule has 0 amide bonds. The standard InChI is InChI=1S/C35H55NO3/c1-24(2)11-8-12-25(3)13-9-14-26(4)15-10-21-35(7)22-20-31-32(23-38-30-18-16-29(36)17-19-30)33(37)27(5)28(6)34(31)39-35/h16-19,24-26,37H,8-15,20-23,36H2,1-7H3. The van der Waals surface area contributed by atoms with Crippen LogP contribution in [0.4, 0.5) is 5.69 Å². The molecule has 0 saturated carbocycles. The summed E-state index contributed by atoms with van der Waals surface area (Å²) < 4.78 is 12.8. The molecule has 218 valence electrons. The number of nitrogen functional groups attached to an aromatic ring is 1. The topological polar surface area (TPSA) is 64.7 Å². The summed E-state index contributed by atoms with van der Waals surface area (Å²) in [5.74, 6) is 4.49. The molecule has 0 aliphatic carbocycles. The quantitative estimate of drug-likeness (QED) is 0.222. The number of phenolic OH excluding ortho intramolecular Hbond substituents is 1. The van der Waals surface area contributed by atoms with Crippen LogP contribution in [0.3, 0.4) is 0 Å². The molecular weight excluding hydrogens is 482 g/mol. The monoisotopic (exact) mass is 537 g/mol. The minimum atomic E-state index is -0.166. The van der Waals surface area contributed by atoms with Gasteiger partial charge in [-0.15, -0.1) is 0 Å². The van der Waals surface area contributed by atoms with Crippen LogP contribution in [0.25, 0.3) is 0 Å². The second-order valence-electron chi connectivity index (χ2n) is 13.2. The fourth-order valence-electron chi connectivity index (χ4n) is 6.02. The van der Waals surface area contributed by atoms with E-state index < -0.39 is 0 Å². The third kappa shape index (κ3) is 9.08.